The van der Waals surface area contributed by atoms with Crippen molar-refractivity contribution in [3.05, 3.63) is 0 Å². The Morgan fingerprint density at radius 2 is 1.70 bits per heavy atom. The van der Waals surface area contributed by atoms with Crippen LogP contribution in [-0.4, -0.2) is 65.5 Å². The molecule has 0 aromatic heterocycles. The number of nitrogens with one attached hydrogen (secondary N) is 2. The molecule has 2 saturated heterocycles. The second kappa shape index (κ2) is 6.28. The molecule has 2 heterocycles. The number of amides is 3. The molecule has 2 atom stereocenters. The number of carbonyl (C=O) groups is 2. The molecule has 0 aromatic rings. The predicted octanol–water partition coefficient (Wildman–Crippen LogP) is 0.421. The zero-order valence-electron chi connectivity index (χ0n) is 12.6. The fourth-order valence-corrected chi connectivity index (χ4v) is 2.89. The third kappa shape index (κ3) is 3.62. The monoisotopic (exact) mass is 304 g/mol. The van der Waals surface area contributed by atoms with Gasteiger partial charge in [0.05, 0.1) is 0 Å². The van der Waals surface area contributed by atoms with E-state index in [2.05, 4.69) is 29.4 Å². The lowest BCUT2D eigenvalue weighted by Gasteiger charge is -2.36. The van der Waals surface area contributed by atoms with Gasteiger partial charge in [0.2, 0.25) is 0 Å². The first-order valence-corrected chi connectivity index (χ1v) is 6.92. The summed E-state index contributed by atoms with van der Waals surface area (Å²) in [5, 5.41) is 6.17. The van der Waals surface area contributed by atoms with Crippen LogP contribution in [0.25, 0.3) is 0 Å². The first-order chi connectivity index (χ1) is 8.79. The zero-order chi connectivity index (χ0) is 14.2. The third-order valence-electron chi connectivity index (χ3n) is 3.72. The maximum absolute atomic E-state index is 12.1. The van der Waals surface area contributed by atoms with E-state index in [9.17, 15) is 9.59 Å². The van der Waals surface area contributed by atoms with Gasteiger partial charge in [0, 0.05) is 38.3 Å². The fourth-order valence-electron chi connectivity index (χ4n) is 2.89. The van der Waals surface area contributed by atoms with E-state index in [1.54, 1.807) is 13.8 Å². The Hall–Kier alpha value is -0.850. The summed E-state index contributed by atoms with van der Waals surface area (Å²) in [6.45, 7) is 10.9. The number of carbonyl (C=O) groups excluding carboxylic acids is 2. The third-order valence-corrected chi connectivity index (χ3v) is 3.72. The molecule has 3 amide bonds. The molecule has 2 fully saturated rings. The largest absolute Gasteiger partial charge is 0.325 e. The van der Waals surface area contributed by atoms with Gasteiger partial charge in [-0.3, -0.25) is 14.6 Å². The van der Waals surface area contributed by atoms with Crippen molar-refractivity contribution in [1.29, 1.82) is 0 Å². The lowest BCUT2D eigenvalue weighted by atomic mass is 10.1. The van der Waals surface area contributed by atoms with Gasteiger partial charge in [0.1, 0.15) is 5.54 Å². The van der Waals surface area contributed by atoms with Crippen molar-refractivity contribution < 1.29 is 9.59 Å². The van der Waals surface area contributed by atoms with E-state index in [1.165, 1.54) is 4.90 Å². The standard InChI is InChI=1S/C13H24N4O2.ClH/c1-9-7-16(8-10(2)14-9)5-6-17-11(18)13(3,4)15-12(17)19;/h9-10,14H,5-8H2,1-4H3,(H,15,19);1H. The van der Waals surface area contributed by atoms with Gasteiger partial charge in [-0.05, 0) is 27.7 Å². The van der Waals surface area contributed by atoms with E-state index in [0.29, 0.717) is 18.6 Å². The van der Waals surface area contributed by atoms with Crippen molar-refractivity contribution in [2.45, 2.75) is 45.3 Å². The van der Waals surface area contributed by atoms with E-state index < -0.39 is 5.54 Å². The lowest BCUT2D eigenvalue weighted by molar-refractivity contribution is -0.130. The number of rotatable bonds is 3. The van der Waals surface area contributed by atoms with E-state index in [4.69, 9.17) is 0 Å². The molecule has 0 aromatic carbocycles. The van der Waals surface area contributed by atoms with Crippen molar-refractivity contribution in [1.82, 2.24) is 20.4 Å². The number of nitrogens with zero attached hydrogens (tertiary/aromatic N) is 2. The second-order valence-corrected chi connectivity index (χ2v) is 6.24. The zero-order valence-corrected chi connectivity index (χ0v) is 13.4. The Balaban J connectivity index is 0.00000200. The molecular weight excluding hydrogens is 280 g/mol. The van der Waals surface area contributed by atoms with Crippen LogP contribution in [0.3, 0.4) is 0 Å². The summed E-state index contributed by atoms with van der Waals surface area (Å²) in [6, 6.07) is 0.623. The average Bonchev–Trinajstić information content (AvgIpc) is 2.45. The SMILES string of the molecule is CC1CN(CCN2C(=O)NC(C)(C)C2=O)CC(C)N1.Cl. The first-order valence-electron chi connectivity index (χ1n) is 6.92. The van der Waals surface area contributed by atoms with Gasteiger partial charge in [-0.25, -0.2) is 4.79 Å². The summed E-state index contributed by atoms with van der Waals surface area (Å²) in [6.07, 6.45) is 0. The highest BCUT2D eigenvalue weighted by atomic mass is 35.5. The summed E-state index contributed by atoms with van der Waals surface area (Å²) in [4.78, 5) is 27.4. The molecule has 2 N–H and O–H groups in total. The summed E-state index contributed by atoms with van der Waals surface area (Å²) in [5.74, 6) is -0.131. The smallest absolute Gasteiger partial charge is 0.324 e. The molecule has 20 heavy (non-hydrogen) atoms. The minimum atomic E-state index is -0.763. The van der Waals surface area contributed by atoms with Gasteiger partial charge in [-0.1, -0.05) is 0 Å². The van der Waals surface area contributed by atoms with E-state index in [0.717, 1.165) is 19.6 Å². The Labute approximate surface area is 126 Å². The van der Waals surface area contributed by atoms with E-state index in [1.807, 2.05) is 0 Å². The van der Waals surface area contributed by atoms with Crippen molar-refractivity contribution in [3.8, 4) is 0 Å². The lowest BCUT2D eigenvalue weighted by Crippen LogP contribution is -2.55. The minimum Gasteiger partial charge on any atom is -0.324 e. The van der Waals surface area contributed by atoms with Crippen molar-refractivity contribution in [3.63, 3.8) is 0 Å². The Kier molecular flexibility index (Phi) is 5.40. The normalized spacial score (nSPS) is 30.1. The summed E-state index contributed by atoms with van der Waals surface area (Å²) in [5.41, 5.74) is -0.763. The van der Waals surface area contributed by atoms with Gasteiger partial charge < -0.3 is 10.6 Å². The summed E-state index contributed by atoms with van der Waals surface area (Å²) >= 11 is 0. The van der Waals surface area contributed by atoms with Crippen LogP contribution in [0.4, 0.5) is 4.79 Å². The Bertz CT molecular complexity index is 379. The maximum Gasteiger partial charge on any atom is 0.325 e. The molecule has 0 spiro atoms. The highest BCUT2D eigenvalue weighted by molar-refractivity contribution is 6.06. The van der Waals surface area contributed by atoms with Crippen molar-refractivity contribution in [2.75, 3.05) is 26.2 Å². The number of halogens is 1. The fraction of sp³-hybridized carbons (Fsp3) is 0.846. The molecule has 2 rings (SSSR count). The first kappa shape index (κ1) is 17.2. The number of urea groups is 1. The molecule has 0 aliphatic carbocycles. The average molecular weight is 305 g/mol. The summed E-state index contributed by atoms with van der Waals surface area (Å²) < 4.78 is 0. The summed E-state index contributed by atoms with van der Waals surface area (Å²) in [7, 11) is 0. The van der Waals surface area contributed by atoms with Gasteiger partial charge in [0.15, 0.2) is 0 Å². The predicted molar refractivity (Wildman–Crippen MR) is 80.1 cm³/mol. The molecule has 0 saturated carbocycles. The van der Waals surface area contributed by atoms with Crippen LogP contribution >= 0.6 is 12.4 Å². The van der Waals surface area contributed by atoms with Crippen LogP contribution in [0.15, 0.2) is 0 Å². The Morgan fingerprint density at radius 1 is 1.15 bits per heavy atom. The highest BCUT2D eigenvalue weighted by Gasteiger charge is 2.44. The molecular formula is C13H25ClN4O2. The van der Waals surface area contributed by atoms with Gasteiger partial charge in [-0.2, -0.15) is 0 Å². The molecule has 7 heteroatoms. The molecule has 0 radical (unpaired) electrons. The van der Waals surface area contributed by atoms with Gasteiger partial charge >= 0.3 is 6.03 Å². The quantitative estimate of drug-likeness (QED) is 0.742. The van der Waals surface area contributed by atoms with Gasteiger partial charge in [-0.15, -0.1) is 12.4 Å². The molecule has 116 valence electrons. The van der Waals surface area contributed by atoms with Crippen LogP contribution in [0.1, 0.15) is 27.7 Å². The molecule has 0 bridgehead atoms. The molecule has 2 unspecified atom stereocenters. The van der Waals surface area contributed by atoms with Crippen LogP contribution in [0, 0.1) is 0 Å². The minimum absolute atomic E-state index is 0. The van der Waals surface area contributed by atoms with Crippen LogP contribution in [-0.2, 0) is 4.79 Å². The molecule has 2 aliphatic heterocycles. The molecule has 2 aliphatic rings. The van der Waals surface area contributed by atoms with Crippen LogP contribution in [0.2, 0.25) is 0 Å². The second-order valence-electron chi connectivity index (χ2n) is 6.24. The van der Waals surface area contributed by atoms with Crippen LogP contribution in [0.5, 0.6) is 0 Å². The van der Waals surface area contributed by atoms with Crippen LogP contribution < -0.4 is 10.6 Å². The number of hydrogen-bond donors (Lipinski definition) is 2. The number of piperazine rings is 1. The van der Waals surface area contributed by atoms with E-state index in [-0.39, 0.29) is 24.3 Å². The molecule has 6 nitrogen and oxygen atoms in total. The van der Waals surface area contributed by atoms with Crippen molar-refractivity contribution >= 4 is 24.3 Å². The maximum atomic E-state index is 12.1. The highest BCUT2D eigenvalue weighted by Crippen LogP contribution is 2.16. The number of hydrogen-bond acceptors (Lipinski definition) is 4. The van der Waals surface area contributed by atoms with Crippen molar-refractivity contribution in [2.24, 2.45) is 0 Å². The number of imide groups is 1. The topological polar surface area (TPSA) is 64.7 Å². The van der Waals surface area contributed by atoms with E-state index >= 15 is 0 Å². The Morgan fingerprint density at radius 3 is 2.15 bits per heavy atom. The van der Waals surface area contributed by atoms with Gasteiger partial charge in [0.25, 0.3) is 5.91 Å².